The lowest BCUT2D eigenvalue weighted by Crippen LogP contribution is -2.43. The number of nitrogens with one attached hydrogen (secondary N) is 2. The highest BCUT2D eigenvalue weighted by molar-refractivity contribution is 6.07. The molecule has 25 heavy (non-hydrogen) atoms. The van der Waals surface area contributed by atoms with Crippen LogP contribution in [-0.4, -0.2) is 35.0 Å². The first kappa shape index (κ1) is 18.0. The zero-order valence-electron chi connectivity index (χ0n) is 14.5. The molecule has 0 unspecified atom stereocenters. The van der Waals surface area contributed by atoms with Crippen molar-refractivity contribution in [3.05, 3.63) is 18.0 Å². The third-order valence-corrected chi connectivity index (χ3v) is 5.11. The second-order valence-corrected chi connectivity index (χ2v) is 7.02. The number of rotatable bonds is 4. The van der Waals surface area contributed by atoms with Crippen molar-refractivity contribution in [3.63, 3.8) is 0 Å². The van der Waals surface area contributed by atoms with E-state index in [1.807, 2.05) is 12.4 Å². The molecule has 2 aromatic rings. The first-order valence-electron chi connectivity index (χ1n) is 8.97. The van der Waals surface area contributed by atoms with Crippen molar-refractivity contribution >= 4 is 40.7 Å². The van der Waals surface area contributed by atoms with Crippen LogP contribution < -0.4 is 16.0 Å². The first-order valence-corrected chi connectivity index (χ1v) is 8.97. The van der Waals surface area contributed by atoms with Crippen LogP contribution in [0.5, 0.6) is 0 Å². The number of hydrogen-bond donors (Lipinski definition) is 3. The van der Waals surface area contributed by atoms with E-state index in [4.69, 9.17) is 5.73 Å². The Hall–Kier alpha value is -1.79. The summed E-state index contributed by atoms with van der Waals surface area (Å²) in [6.07, 6.45) is 8.89. The van der Waals surface area contributed by atoms with Gasteiger partial charge in [-0.05, 0) is 37.7 Å². The van der Waals surface area contributed by atoms with Gasteiger partial charge in [0.1, 0.15) is 5.65 Å². The third kappa shape index (κ3) is 3.46. The maximum absolute atomic E-state index is 12.2. The number of hydrogen-bond acceptors (Lipinski definition) is 4. The Labute approximate surface area is 154 Å². The minimum atomic E-state index is 0. The second kappa shape index (κ2) is 7.22. The van der Waals surface area contributed by atoms with Gasteiger partial charge in [0, 0.05) is 37.4 Å². The number of nitrogens with zero attached hydrogens (tertiary/aromatic N) is 2. The number of aromatic amines is 1. The molecule has 136 valence electrons. The number of pyridine rings is 1. The summed E-state index contributed by atoms with van der Waals surface area (Å²) >= 11 is 0. The molecule has 0 radical (unpaired) electrons. The van der Waals surface area contributed by atoms with E-state index in [1.165, 1.54) is 11.3 Å². The van der Waals surface area contributed by atoms with Gasteiger partial charge in [-0.3, -0.25) is 4.79 Å². The number of aromatic nitrogens is 2. The smallest absolute Gasteiger partial charge is 0.227 e. The lowest BCUT2D eigenvalue weighted by atomic mass is 10.0. The highest BCUT2D eigenvalue weighted by Gasteiger charge is 2.31. The number of carbonyl (C=O) groups is 1. The van der Waals surface area contributed by atoms with Crippen molar-refractivity contribution in [3.8, 4) is 0 Å². The summed E-state index contributed by atoms with van der Waals surface area (Å²) in [7, 11) is 0. The van der Waals surface area contributed by atoms with Crippen LogP contribution in [0.25, 0.3) is 11.0 Å². The summed E-state index contributed by atoms with van der Waals surface area (Å²) < 4.78 is 0. The first-order chi connectivity index (χ1) is 11.7. The van der Waals surface area contributed by atoms with Gasteiger partial charge in [0.2, 0.25) is 5.91 Å². The van der Waals surface area contributed by atoms with Crippen molar-refractivity contribution < 1.29 is 4.79 Å². The predicted molar refractivity (Wildman–Crippen MR) is 103 cm³/mol. The minimum Gasteiger partial charge on any atom is -0.369 e. The number of carbonyl (C=O) groups excluding carboxylic acids is 1. The quantitative estimate of drug-likeness (QED) is 0.779. The van der Waals surface area contributed by atoms with Crippen molar-refractivity contribution in [1.29, 1.82) is 0 Å². The fourth-order valence-electron chi connectivity index (χ4n) is 3.63. The van der Waals surface area contributed by atoms with E-state index in [9.17, 15) is 4.79 Å². The number of halogens is 1. The molecule has 0 spiro atoms. The SMILES string of the molecule is CCc1cnc2[nH]cc(NC(=O)C3CC3)c2c1N1CCC[C@@H](N)C1.Cl. The van der Waals surface area contributed by atoms with E-state index >= 15 is 0 Å². The van der Waals surface area contributed by atoms with Gasteiger partial charge in [0.25, 0.3) is 0 Å². The van der Waals surface area contributed by atoms with E-state index in [1.54, 1.807) is 0 Å². The van der Waals surface area contributed by atoms with Crippen LogP contribution in [0.2, 0.25) is 0 Å². The maximum atomic E-state index is 12.2. The van der Waals surface area contributed by atoms with Gasteiger partial charge in [-0.15, -0.1) is 12.4 Å². The van der Waals surface area contributed by atoms with Gasteiger partial charge in [-0.1, -0.05) is 6.92 Å². The lowest BCUT2D eigenvalue weighted by molar-refractivity contribution is -0.117. The molecule has 4 N–H and O–H groups in total. The van der Waals surface area contributed by atoms with Gasteiger partial charge < -0.3 is 20.9 Å². The fraction of sp³-hybridized carbons (Fsp3) is 0.556. The topological polar surface area (TPSA) is 87.0 Å². The highest BCUT2D eigenvalue weighted by atomic mass is 35.5. The van der Waals surface area contributed by atoms with Crippen LogP contribution >= 0.6 is 12.4 Å². The summed E-state index contributed by atoms with van der Waals surface area (Å²) in [6, 6.07) is 0.204. The Bertz CT molecular complexity index is 770. The second-order valence-electron chi connectivity index (χ2n) is 7.02. The predicted octanol–water partition coefficient (Wildman–Crippen LogP) is 2.82. The van der Waals surface area contributed by atoms with E-state index in [-0.39, 0.29) is 30.3 Å². The third-order valence-electron chi connectivity index (χ3n) is 5.11. The molecule has 6 nitrogen and oxygen atoms in total. The summed E-state index contributed by atoms with van der Waals surface area (Å²) in [5.74, 6) is 0.309. The van der Waals surface area contributed by atoms with Crippen LogP contribution in [0.4, 0.5) is 11.4 Å². The van der Waals surface area contributed by atoms with Crippen molar-refractivity contribution in [2.75, 3.05) is 23.3 Å². The monoisotopic (exact) mass is 363 g/mol. The molecule has 4 rings (SSSR count). The molecular weight excluding hydrogens is 338 g/mol. The molecule has 3 heterocycles. The molecule has 2 aliphatic rings. The van der Waals surface area contributed by atoms with E-state index in [0.717, 1.165) is 61.9 Å². The lowest BCUT2D eigenvalue weighted by Gasteiger charge is -2.34. The molecule has 0 bridgehead atoms. The van der Waals surface area contributed by atoms with Crippen molar-refractivity contribution in [2.24, 2.45) is 11.7 Å². The Balaban J connectivity index is 0.00000182. The molecule has 1 saturated heterocycles. The number of aryl methyl sites for hydroxylation is 1. The maximum Gasteiger partial charge on any atom is 0.227 e. The van der Waals surface area contributed by atoms with Gasteiger partial charge in [-0.2, -0.15) is 0 Å². The number of piperidine rings is 1. The minimum absolute atomic E-state index is 0. The van der Waals surface area contributed by atoms with Crippen LogP contribution in [0.1, 0.15) is 38.2 Å². The van der Waals surface area contributed by atoms with Gasteiger partial charge in [-0.25, -0.2) is 4.98 Å². The molecule has 0 aromatic carbocycles. The Kier molecular flexibility index (Phi) is 5.20. The van der Waals surface area contributed by atoms with Crippen LogP contribution in [-0.2, 0) is 11.2 Å². The Morgan fingerprint density at radius 2 is 2.24 bits per heavy atom. The zero-order valence-corrected chi connectivity index (χ0v) is 15.4. The largest absolute Gasteiger partial charge is 0.369 e. The number of amides is 1. The molecule has 1 atom stereocenters. The molecule has 1 aliphatic heterocycles. The number of anilines is 2. The molecule has 1 aliphatic carbocycles. The van der Waals surface area contributed by atoms with Crippen molar-refractivity contribution in [1.82, 2.24) is 9.97 Å². The number of fused-ring (bicyclic) bond motifs is 1. The van der Waals surface area contributed by atoms with E-state index < -0.39 is 0 Å². The fourth-order valence-corrected chi connectivity index (χ4v) is 3.63. The molecule has 1 amide bonds. The average Bonchev–Trinajstić information content (AvgIpc) is 3.36. The Morgan fingerprint density at radius 1 is 1.44 bits per heavy atom. The number of nitrogens with two attached hydrogens (primary N) is 1. The molecule has 2 fully saturated rings. The summed E-state index contributed by atoms with van der Waals surface area (Å²) in [6.45, 7) is 4.00. The summed E-state index contributed by atoms with van der Waals surface area (Å²) in [5, 5.41) is 4.13. The van der Waals surface area contributed by atoms with Crippen molar-refractivity contribution in [2.45, 2.75) is 45.1 Å². The Morgan fingerprint density at radius 3 is 2.92 bits per heavy atom. The standard InChI is InChI=1S/C18H25N5O.ClH/c1-2-11-8-20-17-15(16(11)23-7-3-4-13(19)10-23)14(9-21-17)22-18(24)12-5-6-12;/h8-9,12-13H,2-7,10,19H2,1H3,(H,20,21)(H,22,24);1H/t13-;/m1./s1. The summed E-state index contributed by atoms with van der Waals surface area (Å²) in [4.78, 5) is 22.4. The molecule has 7 heteroatoms. The van der Waals surface area contributed by atoms with Gasteiger partial charge in [0.15, 0.2) is 0 Å². The van der Waals surface area contributed by atoms with Gasteiger partial charge in [0.05, 0.1) is 16.8 Å². The normalized spacial score (nSPS) is 20.4. The molecular formula is C18H26ClN5O. The average molecular weight is 364 g/mol. The zero-order chi connectivity index (χ0) is 16.7. The summed E-state index contributed by atoms with van der Waals surface area (Å²) in [5.41, 5.74) is 10.3. The van der Waals surface area contributed by atoms with E-state index in [2.05, 4.69) is 27.1 Å². The van der Waals surface area contributed by atoms with Crippen LogP contribution in [0, 0.1) is 5.92 Å². The van der Waals surface area contributed by atoms with E-state index in [0.29, 0.717) is 0 Å². The molecule has 2 aromatic heterocycles. The molecule has 1 saturated carbocycles. The highest BCUT2D eigenvalue weighted by Crippen LogP contribution is 2.38. The van der Waals surface area contributed by atoms with Gasteiger partial charge >= 0.3 is 0 Å². The van der Waals surface area contributed by atoms with Crippen LogP contribution in [0.15, 0.2) is 12.4 Å². The van der Waals surface area contributed by atoms with Crippen LogP contribution in [0.3, 0.4) is 0 Å². The number of H-pyrrole nitrogens is 1.